The van der Waals surface area contributed by atoms with E-state index in [9.17, 15) is 9.90 Å². The SMILES string of the molecule is CC(C)Cc1nc(-c2ccc(O)cc2)[nH]c(=O)c1I. The quantitative estimate of drug-likeness (QED) is 0.817. The molecular weight excluding hydrogens is 355 g/mol. The zero-order valence-corrected chi connectivity index (χ0v) is 12.9. The first-order valence-corrected chi connectivity index (χ1v) is 7.13. The summed E-state index contributed by atoms with van der Waals surface area (Å²) in [4.78, 5) is 19.2. The molecule has 0 saturated carbocycles. The van der Waals surface area contributed by atoms with Gasteiger partial charge in [-0.05, 0) is 59.2 Å². The normalized spacial score (nSPS) is 10.9. The largest absolute Gasteiger partial charge is 0.508 e. The van der Waals surface area contributed by atoms with Crippen molar-refractivity contribution < 1.29 is 5.11 Å². The highest BCUT2D eigenvalue weighted by molar-refractivity contribution is 14.1. The lowest BCUT2D eigenvalue weighted by Crippen LogP contribution is -2.17. The Hall–Kier alpha value is -1.37. The molecule has 0 atom stereocenters. The topological polar surface area (TPSA) is 66.0 Å². The molecule has 0 radical (unpaired) electrons. The molecule has 0 amide bonds. The van der Waals surface area contributed by atoms with E-state index in [4.69, 9.17) is 0 Å². The van der Waals surface area contributed by atoms with E-state index in [1.54, 1.807) is 24.3 Å². The molecule has 2 N–H and O–H groups in total. The summed E-state index contributed by atoms with van der Waals surface area (Å²) >= 11 is 2.03. The number of hydrogen-bond donors (Lipinski definition) is 2. The highest BCUT2D eigenvalue weighted by Gasteiger charge is 2.11. The van der Waals surface area contributed by atoms with Crippen molar-refractivity contribution >= 4 is 22.6 Å². The van der Waals surface area contributed by atoms with E-state index in [0.29, 0.717) is 15.3 Å². The summed E-state index contributed by atoms with van der Waals surface area (Å²) in [5.41, 5.74) is 1.49. The van der Waals surface area contributed by atoms with Crippen LogP contribution in [0.4, 0.5) is 0 Å². The summed E-state index contributed by atoms with van der Waals surface area (Å²) in [5, 5.41) is 9.28. The molecule has 2 rings (SSSR count). The number of aromatic amines is 1. The molecule has 5 heteroatoms. The van der Waals surface area contributed by atoms with Gasteiger partial charge in [-0.1, -0.05) is 13.8 Å². The van der Waals surface area contributed by atoms with Gasteiger partial charge in [-0.15, -0.1) is 0 Å². The average molecular weight is 370 g/mol. The van der Waals surface area contributed by atoms with E-state index in [1.807, 2.05) is 22.6 Å². The van der Waals surface area contributed by atoms with Crippen LogP contribution in [0.5, 0.6) is 5.75 Å². The van der Waals surface area contributed by atoms with Gasteiger partial charge in [0.05, 0.1) is 9.26 Å². The van der Waals surface area contributed by atoms with Crippen LogP contribution < -0.4 is 5.56 Å². The van der Waals surface area contributed by atoms with E-state index in [0.717, 1.165) is 17.7 Å². The van der Waals surface area contributed by atoms with Crippen LogP contribution in [-0.2, 0) is 6.42 Å². The van der Waals surface area contributed by atoms with Gasteiger partial charge in [0.2, 0.25) is 0 Å². The van der Waals surface area contributed by atoms with Crippen LogP contribution in [0.25, 0.3) is 11.4 Å². The predicted molar refractivity (Wildman–Crippen MR) is 83.2 cm³/mol. The van der Waals surface area contributed by atoms with Crippen molar-refractivity contribution in [3.8, 4) is 17.1 Å². The number of rotatable bonds is 3. The zero-order chi connectivity index (χ0) is 14.0. The number of hydrogen-bond acceptors (Lipinski definition) is 3. The van der Waals surface area contributed by atoms with Gasteiger partial charge < -0.3 is 10.1 Å². The van der Waals surface area contributed by atoms with Gasteiger partial charge >= 0.3 is 0 Å². The number of H-pyrrole nitrogens is 1. The Morgan fingerprint density at radius 1 is 1.32 bits per heavy atom. The number of halogens is 1. The maximum Gasteiger partial charge on any atom is 0.264 e. The van der Waals surface area contributed by atoms with Crippen LogP contribution in [0.1, 0.15) is 19.5 Å². The average Bonchev–Trinajstić information content (AvgIpc) is 2.35. The second-order valence-electron chi connectivity index (χ2n) is 4.82. The summed E-state index contributed by atoms with van der Waals surface area (Å²) < 4.78 is 0.647. The lowest BCUT2D eigenvalue weighted by Gasteiger charge is -2.09. The number of benzene rings is 1. The Morgan fingerprint density at radius 3 is 2.53 bits per heavy atom. The summed E-state index contributed by atoms with van der Waals surface area (Å²) in [6.45, 7) is 4.19. The Labute approximate surface area is 125 Å². The smallest absolute Gasteiger partial charge is 0.264 e. The molecular formula is C14H15IN2O2. The molecule has 0 bridgehead atoms. The lowest BCUT2D eigenvalue weighted by molar-refractivity contribution is 0.475. The van der Waals surface area contributed by atoms with Crippen molar-refractivity contribution in [1.82, 2.24) is 9.97 Å². The molecule has 0 saturated heterocycles. The number of phenols is 1. The first kappa shape index (κ1) is 14.0. The third-order valence-corrected chi connectivity index (χ3v) is 3.79. The maximum absolute atomic E-state index is 11.9. The summed E-state index contributed by atoms with van der Waals surface area (Å²) in [5.74, 6) is 1.18. The second-order valence-corrected chi connectivity index (χ2v) is 5.90. The van der Waals surface area contributed by atoms with Crippen LogP contribution in [0, 0.1) is 9.49 Å². The zero-order valence-electron chi connectivity index (χ0n) is 10.8. The molecule has 0 aliphatic rings. The van der Waals surface area contributed by atoms with Gasteiger partial charge in [0.25, 0.3) is 5.56 Å². The Kier molecular flexibility index (Phi) is 4.24. The Bertz CT molecular complexity index is 633. The number of phenolic OH excluding ortho intramolecular Hbond substituents is 1. The van der Waals surface area contributed by atoms with Gasteiger partial charge in [-0.2, -0.15) is 0 Å². The van der Waals surface area contributed by atoms with Crippen molar-refractivity contribution in [2.45, 2.75) is 20.3 Å². The molecule has 1 aromatic carbocycles. The molecule has 0 spiro atoms. The third-order valence-electron chi connectivity index (χ3n) is 2.67. The standard InChI is InChI=1S/C14H15IN2O2/c1-8(2)7-11-12(15)14(19)17-13(16-11)9-3-5-10(18)6-4-9/h3-6,8,18H,7H2,1-2H3,(H,16,17,19). The minimum atomic E-state index is -0.116. The first-order chi connectivity index (χ1) is 8.97. The van der Waals surface area contributed by atoms with Crippen molar-refractivity contribution in [2.75, 3.05) is 0 Å². The highest BCUT2D eigenvalue weighted by atomic mass is 127. The van der Waals surface area contributed by atoms with E-state index in [-0.39, 0.29) is 11.3 Å². The molecule has 4 nitrogen and oxygen atoms in total. The van der Waals surface area contributed by atoms with Crippen LogP contribution in [0.2, 0.25) is 0 Å². The number of nitrogens with zero attached hydrogens (tertiary/aromatic N) is 1. The van der Waals surface area contributed by atoms with Crippen molar-refractivity contribution in [2.24, 2.45) is 5.92 Å². The minimum absolute atomic E-state index is 0.116. The number of aromatic hydroxyl groups is 1. The fourth-order valence-corrected chi connectivity index (χ4v) is 2.26. The molecule has 2 aromatic rings. The van der Waals surface area contributed by atoms with Crippen molar-refractivity contribution in [3.05, 3.63) is 43.9 Å². The highest BCUT2D eigenvalue weighted by Crippen LogP contribution is 2.19. The Balaban J connectivity index is 2.50. The van der Waals surface area contributed by atoms with Crippen LogP contribution in [-0.4, -0.2) is 15.1 Å². The van der Waals surface area contributed by atoms with Gasteiger partial charge in [-0.3, -0.25) is 4.79 Å². The molecule has 1 aromatic heterocycles. The fourth-order valence-electron chi connectivity index (χ4n) is 1.78. The molecule has 0 fully saturated rings. The van der Waals surface area contributed by atoms with E-state index >= 15 is 0 Å². The Morgan fingerprint density at radius 2 is 1.95 bits per heavy atom. The molecule has 100 valence electrons. The van der Waals surface area contributed by atoms with Gasteiger partial charge in [0.15, 0.2) is 0 Å². The maximum atomic E-state index is 11.9. The first-order valence-electron chi connectivity index (χ1n) is 6.05. The van der Waals surface area contributed by atoms with Crippen molar-refractivity contribution in [1.29, 1.82) is 0 Å². The van der Waals surface area contributed by atoms with Crippen LogP contribution in [0.3, 0.4) is 0 Å². The second kappa shape index (κ2) is 5.73. The van der Waals surface area contributed by atoms with Crippen molar-refractivity contribution in [3.63, 3.8) is 0 Å². The van der Waals surface area contributed by atoms with Gasteiger partial charge in [0, 0.05) is 5.56 Å². The number of aromatic nitrogens is 2. The number of nitrogens with one attached hydrogen (secondary N) is 1. The van der Waals surface area contributed by atoms with E-state index in [1.165, 1.54) is 0 Å². The molecule has 0 aliphatic heterocycles. The van der Waals surface area contributed by atoms with Crippen LogP contribution in [0.15, 0.2) is 29.1 Å². The fraction of sp³-hybridized carbons (Fsp3) is 0.286. The van der Waals surface area contributed by atoms with E-state index in [2.05, 4.69) is 23.8 Å². The summed E-state index contributed by atoms with van der Waals surface area (Å²) in [6.07, 6.45) is 0.771. The summed E-state index contributed by atoms with van der Waals surface area (Å²) in [6, 6.07) is 6.63. The van der Waals surface area contributed by atoms with Gasteiger partial charge in [0.1, 0.15) is 11.6 Å². The van der Waals surface area contributed by atoms with E-state index < -0.39 is 0 Å². The van der Waals surface area contributed by atoms with Gasteiger partial charge in [-0.25, -0.2) is 4.98 Å². The van der Waals surface area contributed by atoms with Crippen LogP contribution >= 0.6 is 22.6 Å². The molecule has 0 unspecified atom stereocenters. The predicted octanol–water partition coefficient (Wildman–Crippen LogP) is 2.95. The monoisotopic (exact) mass is 370 g/mol. The molecule has 0 aliphatic carbocycles. The molecule has 19 heavy (non-hydrogen) atoms. The summed E-state index contributed by atoms with van der Waals surface area (Å²) in [7, 11) is 0. The lowest BCUT2D eigenvalue weighted by atomic mass is 10.1. The minimum Gasteiger partial charge on any atom is -0.508 e. The third kappa shape index (κ3) is 3.34. The molecule has 1 heterocycles.